The van der Waals surface area contributed by atoms with E-state index < -0.39 is 0 Å². The van der Waals surface area contributed by atoms with Crippen molar-refractivity contribution in [2.24, 2.45) is 7.05 Å². The molecule has 1 aromatic carbocycles. The Kier molecular flexibility index (Phi) is 2.10. The molecule has 3 rings (SSSR count). The lowest BCUT2D eigenvalue weighted by molar-refractivity contribution is 0.919. The largest absolute Gasteiger partial charge is 0.368 e. The third kappa shape index (κ3) is 1.30. The van der Waals surface area contributed by atoms with E-state index in [0.29, 0.717) is 5.95 Å². The summed E-state index contributed by atoms with van der Waals surface area (Å²) in [5.41, 5.74) is 9.92. The van der Waals surface area contributed by atoms with Crippen molar-refractivity contribution in [1.82, 2.24) is 14.2 Å². The number of fused-ring (bicyclic) bond motifs is 1. The summed E-state index contributed by atoms with van der Waals surface area (Å²) in [7, 11) is 2.05. The lowest BCUT2D eigenvalue weighted by Crippen LogP contribution is -2.09. The van der Waals surface area contributed by atoms with Crippen LogP contribution in [-0.4, -0.2) is 14.2 Å². The van der Waals surface area contributed by atoms with Crippen LogP contribution >= 0.6 is 0 Å². The van der Waals surface area contributed by atoms with Crippen LogP contribution in [0.2, 0.25) is 0 Å². The molecule has 0 aliphatic rings. The average molecular weight is 241 g/mol. The first kappa shape index (κ1) is 10.7. The van der Waals surface area contributed by atoms with Gasteiger partial charge in [0.05, 0.1) is 11.9 Å². The van der Waals surface area contributed by atoms with E-state index >= 15 is 0 Å². The predicted molar refractivity (Wildman–Crippen MR) is 73.4 cm³/mol. The van der Waals surface area contributed by atoms with Gasteiger partial charge in [0.25, 0.3) is 0 Å². The van der Waals surface area contributed by atoms with Crippen molar-refractivity contribution in [3.05, 3.63) is 36.2 Å². The maximum Gasteiger partial charge on any atom is 0.219 e. The highest BCUT2D eigenvalue weighted by Gasteiger charge is 2.16. The molecule has 3 aromatic rings. The van der Waals surface area contributed by atoms with Gasteiger partial charge in [0.15, 0.2) is 0 Å². The van der Waals surface area contributed by atoms with Crippen LogP contribution < -0.4 is 11.6 Å². The van der Waals surface area contributed by atoms with E-state index in [1.807, 2.05) is 19.2 Å². The van der Waals surface area contributed by atoms with E-state index in [0.717, 1.165) is 22.3 Å². The van der Waals surface area contributed by atoms with Crippen molar-refractivity contribution in [2.45, 2.75) is 6.92 Å². The van der Waals surface area contributed by atoms with Crippen LogP contribution in [0.3, 0.4) is 0 Å². The summed E-state index contributed by atoms with van der Waals surface area (Å²) in [6.07, 6.45) is 1.75. The van der Waals surface area contributed by atoms with Crippen molar-refractivity contribution in [1.29, 1.82) is 0 Å². The molecule has 5 nitrogen and oxygen atoms in total. The summed E-state index contributed by atoms with van der Waals surface area (Å²) in [6.45, 7) is 2.07. The first-order chi connectivity index (χ1) is 8.59. The molecule has 0 aliphatic heterocycles. The molecule has 0 fully saturated rings. The third-order valence-corrected chi connectivity index (χ3v) is 3.42. The number of hydrogen-bond donors (Lipinski definition) is 2. The molecule has 0 unspecified atom stereocenters. The molecule has 0 spiro atoms. The monoisotopic (exact) mass is 241 g/mol. The lowest BCUT2D eigenvalue weighted by atomic mass is 10.1. The van der Waals surface area contributed by atoms with Gasteiger partial charge in [-0.15, -0.1) is 0 Å². The zero-order valence-electron chi connectivity index (χ0n) is 10.4. The summed E-state index contributed by atoms with van der Waals surface area (Å²) in [5.74, 6) is 6.02. The molecule has 4 N–H and O–H groups in total. The van der Waals surface area contributed by atoms with Gasteiger partial charge in [0.2, 0.25) is 5.95 Å². The number of anilines is 1. The molecule has 92 valence electrons. The number of aryl methyl sites for hydroxylation is 1. The molecule has 0 amide bonds. The topological polar surface area (TPSA) is 74.8 Å². The highest BCUT2D eigenvalue weighted by Crippen LogP contribution is 2.33. The van der Waals surface area contributed by atoms with Gasteiger partial charge in [-0.3, -0.25) is 0 Å². The summed E-state index contributed by atoms with van der Waals surface area (Å²) in [6, 6.07) is 8.23. The fourth-order valence-corrected chi connectivity index (χ4v) is 2.37. The summed E-state index contributed by atoms with van der Waals surface area (Å²) < 4.78 is 3.49. The first-order valence-corrected chi connectivity index (χ1v) is 5.74. The van der Waals surface area contributed by atoms with Gasteiger partial charge in [0.1, 0.15) is 0 Å². The normalized spacial score (nSPS) is 11.2. The Bertz CT molecular complexity index is 716. The Labute approximate surface area is 105 Å². The van der Waals surface area contributed by atoms with Crippen LogP contribution in [0.25, 0.3) is 22.2 Å². The van der Waals surface area contributed by atoms with Crippen LogP contribution in [0.15, 0.2) is 30.5 Å². The first-order valence-electron chi connectivity index (χ1n) is 5.74. The Morgan fingerprint density at radius 3 is 2.61 bits per heavy atom. The van der Waals surface area contributed by atoms with Crippen LogP contribution in [-0.2, 0) is 7.05 Å². The highest BCUT2D eigenvalue weighted by molar-refractivity contribution is 5.97. The quantitative estimate of drug-likeness (QED) is 0.636. The molecule has 2 aromatic heterocycles. The van der Waals surface area contributed by atoms with Gasteiger partial charge in [-0.2, -0.15) is 0 Å². The molecule has 0 saturated heterocycles. The molecule has 2 heterocycles. The van der Waals surface area contributed by atoms with Crippen LogP contribution in [0.4, 0.5) is 5.95 Å². The molecular weight excluding hydrogens is 226 g/mol. The number of imidazole rings is 1. The van der Waals surface area contributed by atoms with Crippen molar-refractivity contribution in [2.75, 3.05) is 11.6 Å². The fourth-order valence-electron chi connectivity index (χ4n) is 2.37. The molecule has 0 aliphatic carbocycles. The second-order valence-electron chi connectivity index (χ2n) is 4.43. The number of nitrogens with two attached hydrogens (primary N) is 2. The zero-order valence-corrected chi connectivity index (χ0v) is 10.4. The number of nitrogens with zero attached hydrogens (tertiary/aromatic N) is 3. The smallest absolute Gasteiger partial charge is 0.219 e. The number of aromatic nitrogens is 3. The Morgan fingerprint density at radius 2 is 1.94 bits per heavy atom. The van der Waals surface area contributed by atoms with E-state index in [9.17, 15) is 0 Å². The van der Waals surface area contributed by atoms with E-state index in [2.05, 4.69) is 28.6 Å². The van der Waals surface area contributed by atoms with Gasteiger partial charge >= 0.3 is 0 Å². The second kappa shape index (κ2) is 3.53. The molecule has 0 radical (unpaired) electrons. The molecule has 0 atom stereocenters. The summed E-state index contributed by atoms with van der Waals surface area (Å²) in [4.78, 5) is 4.31. The summed E-state index contributed by atoms with van der Waals surface area (Å²) >= 11 is 0. The van der Waals surface area contributed by atoms with Crippen LogP contribution in [0.1, 0.15) is 5.69 Å². The average Bonchev–Trinajstić information content (AvgIpc) is 2.80. The van der Waals surface area contributed by atoms with Crippen molar-refractivity contribution in [3.63, 3.8) is 0 Å². The number of hydrogen-bond acceptors (Lipinski definition) is 3. The lowest BCUT2D eigenvalue weighted by Gasteiger charge is -1.98. The SMILES string of the molecule is Cc1c(-c2cn(N)c(N)n2)c2ccccc2n1C. The third-order valence-electron chi connectivity index (χ3n) is 3.42. The number of para-hydroxylation sites is 1. The maximum absolute atomic E-state index is 5.70. The van der Waals surface area contributed by atoms with E-state index in [1.54, 1.807) is 6.20 Å². The maximum atomic E-state index is 5.70. The number of nitrogen functional groups attached to an aromatic ring is 2. The van der Waals surface area contributed by atoms with Gasteiger partial charge in [-0.05, 0) is 13.0 Å². The van der Waals surface area contributed by atoms with Crippen LogP contribution in [0.5, 0.6) is 0 Å². The van der Waals surface area contributed by atoms with E-state index in [1.165, 1.54) is 10.2 Å². The Morgan fingerprint density at radius 1 is 1.22 bits per heavy atom. The predicted octanol–water partition coefficient (Wildman–Crippen LogP) is 1.65. The number of benzene rings is 1. The number of rotatable bonds is 1. The van der Waals surface area contributed by atoms with Crippen molar-refractivity contribution in [3.8, 4) is 11.3 Å². The van der Waals surface area contributed by atoms with Crippen molar-refractivity contribution < 1.29 is 0 Å². The second-order valence-corrected chi connectivity index (χ2v) is 4.43. The molecule has 0 bridgehead atoms. The standard InChI is InChI=1S/C13H15N5/c1-8-12(10-7-18(15)13(14)16-10)9-5-3-4-6-11(9)17(8)2/h3-7H,15H2,1-2H3,(H2,14,16). The van der Waals surface area contributed by atoms with Gasteiger partial charge in [-0.25, -0.2) is 9.66 Å². The highest BCUT2D eigenvalue weighted by atomic mass is 15.3. The fraction of sp³-hybridized carbons (Fsp3) is 0.154. The van der Waals surface area contributed by atoms with Gasteiger partial charge in [-0.1, -0.05) is 18.2 Å². The van der Waals surface area contributed by atoms with Crippen molar-refractivity contribution >= 4 is 16.9 Å². The van der Waals surface area contributed by atoms with Gasteiger partial charge in [0, 0.05) is 29.2 Å². The minimum absolute atomic E-state index is 0.317. The van der Waals surface area contributed by atoms with Crippen LogP contribution in [0, 0.1) is 6.92 Å². The molecular formula is C13H15N5. The van der Waals surface area contributed by atoms with E-state index in [-0.39, 0.29) is 0 Å². The van der Waals surface area contributed by atoms with Gasteiger partial charge < -0.3 is 16.1 Å². The molecule has 18 heavy (non-hydrogen) atoms. The molecule has 5 heteroatoms. The Balaban J connectivity index is 2.38. The minimum Gasteiger partial charge on any atom is -0.368 e. The summed E-state index contributed by atoms with van der Waals surface area (Å²) in [5, 5.41) is 1.16. The Hall–Kier alpha value is -2.43. The minimum atomic E-state index is 0.317. The molecule has 0 saturated carbocycles. The zero-order chi connectivity index (χ0) is 12.9. The van der Waals surface area contributed by atoms with E-state index in [4.69, 9.17) is 11.6 Å².